The Morgan fingerprint density at radius 3 is 2.49 bits per heavy atom. The van der Waals surface area contributed by atoms with Gasteiger partial charge in [-0.3, -0.25) is 9.59 Å². The van der Waals surface area contributed by atoms with Crippen molar-refractivity contribution in [2.24, 2.45) is 0 Å². The zero-order valence-corrected chi connectivity index (χ0v) is 23.8. The number of Topliss-reactive ketones (excluding diaryl/α,β-unsaturated/α-hetero) is 1. The number of hydrogen-bond donors (Lipinski definition) is 2. The van der Waals surface area contributed by atoms with Crippen molar-refractivity contribution in [1.82, 2.24) is 19.9 Å². The summed E-state index contributed by atoms with van der Waals surface area (Å²) in [5.74, 6) is 0.891. The maximum absolute atomic E-state index is 12.9. The summed E-state index contributed by atoms with van der Waals surface area (Å²) in [5, 5.41) is 3.90. The molecule has 2 aromatic heterocycles. The van der Waals surface area contributed by atoms with Gasteiger partial charge in [0.05, 0.1) is 18.6 Å². The third kappa shape index (κ3) is 7.25. The Kier molecular flexibility index (Phi) is 8.86. The number of H-pyrrole nitrogens is 1. The molecule has 1 aliphatic heterocycles. The van der Waals surface area contributed by atoms with Gasteiger partial charge in [-0.15, -0.1) is 0 Å². The van der Waals surface area contributed by atoms with Crippen LogP contribution in [0.3, 0.4) is 0 Å². The van der Waals surface area contributed by atoms with Gasteiger partial charge in [-0.25, -0.2) is 9.97 Å². The van der Waals surface area contributed by atoms with Crippen molar-refractivity contribution in [3.05, 3.63) is 83.7 Å². The Balaban J connectivity index is 1.19. The van der Waals surface area contributed by atoms with Crippen LogP contribution in [0, 0.1) is 6.92 Å². The number of morpholine rings is 1. The Bertz CT molecular complexity index is 1550. The van der Waals surface area contributed by atoms with E-state index in [1.807, 2.05) is 74.5 Å². The van der Waals surface area contributed by atoms with Crippen molar-refractivity contribution in [1.29, 1.82) is 0 Å². The van der Waals surface area contributed by atoms with Crippen LogP contribution in [0.4, 0.5) is 11.5 Å². The zero-order valence-electron chi connectivity index (χ0n) is 23.8. The summed E-state index contributed by atoms with van der Waals surface area (Å²) in [5.41, 5.74) is 6.36. The van der Waals surface area contributed by atoms with Gasteiger partial charge >= 0.3 is 0 Å². The van der Waals surface area contributed by atoms with E-state index in [0.717, 1.165) is 63.6 Å². The predicted molar refractivity (Wildman–Crippen MR) is 162 cm³/mol. The second-order valence-electron chi connectivity index (χ2n) is 10.6. The quantitative estimate of drug-likeness (QED) is 0.285. The van der Waals surface area contributed by atoms with E-state index in [4.69, 9.17) is 4.74 Å². The fourth-order valence-electron chi connectivity index (χ4n) is 4.95. The molecular weight excluding hydrogens is 516 g/mol. The van der Waals surface area contributed by atoms with E-state index in [9.17, 15) is 9.59 Å². The van der Waals surface area contributed by atoms with Crippen LogP contribution >= 0.6 is 0 Å². The number of anilines is 2. The summed E-state index contributed by atoms with van der Waals surface area (Å²) in [7, 11) is 3.90. The predicted octanol–water partition coefficient (Wildman–Crippen LogP) is 4.18. The summed E-state index contributed by atoms with van der Waals surface area (Å²) in [6, 6.07) is 15.9. The molecule has 212 valence electrons. The van der Waals surface area contributed by atoms with E-state index in [-0.39, 0.29) is 11.7 Å². The zero-order chi connectivity index (χ0) is 28.8. The fourth-order valence-corrected chi connectivity index (χ4v) is 4.95. The third-order valence-corrected chi connectivity index (χ3v) is 7.07. The highest BCUT2D eigenvalue weighted by Crippen LogP contribution is 2.29. The number of likely N-dealkylation sites (N-methyl/N-ethyl adjacent to an activating group) is 1. The van der Waals surface area contributed by atoms with E-state index in [1.54, 1.807) is 6.33 Å². The number of carbonyl (C=O) groups excluding carboxylic acids is 2. The number of nitrogens with one attached hydrogen (secondary N) is 2. The molecule has 41 heavy (non-hydrogen) atoms. The molecule has 0 saturated carbocycles. The normalized spacial score (nSPS) is 13.8. The van der Waals surface area contributed by atoms with Crippen LogP contribution in [0.2, 0.25) is 0 Å². The van der Waals surface area contributed by atoms with Crippen LogP contribution in [0.5, 0.6) is 0 Å². The van der Waals surface area contributed by atoms with Gasteiger partial charge in [0.25, 0.3) is 0 Å². The van der Waals surface area contributed by atoms with Crippen molar-refractivity contribution < 1.29 is 14.3 Å². The van der Waals surface area contributed by atoms with Gasteiger partial charge in [0, 0.05) is 49.9 Å². The molecule has 0 spiro atoms. The summed E-state index contributed by atoms with van der Waals surface area (Å²) >= 11 is 0. The number of aromatic amines is 1. The van der Waals surface area contributed by atoms with Gasteiger partial charge in [0.1, 0.15) is 23.6 Å². The lowest BCUT2D eigenvalue weighted by atomic mass is 9.99. The maximum atomic E-state index is 12.9. The summed E-state index contributed by atoms with van der Waals surface area (Å²) < 4.78 is 5.48. The summed E-state index contributed by atoms with van der Waals surface area (Å²) in [6.45, 7) is 5.65. The minimum atomic E-state index is -0.167. The van der Waals surface area contributed by atoms with Crippen molar-refractivity contribution in [3.8, 4) is 11.3 Å². The molecule has 9 heteroatoms. The summed E-state index contributed by atoms with van der Waals surface area (Å²) in [6.07, 6.45) is 5.65. The molecule has 1 amide bonds. The Morgan fingerprint density at radius 1 is 1.02 bits per heavy atom. The Hall–Kier alpha value is -4.34. The van der Waals surface area contributed by atoms with Crippen LogP contribution in [-0.2, 0) is 27.2 Å². The number of benzene rings is 2. The molecule has 0 atom stereocenters. The molecule has 1 fully saturated rings. The lowest BCUT2D eigenvalue weighted by Crippen LogP contribution is -2.36. The van der Waals surface area contributed by atoms with E-state index in [2.05, 4.69) is 31.2 Å². The van der Waals surface area contributed by atoms with E-state index in [1.165, 1.54) is 6.08 Å². The number of aromatic nitrogens is 3. The van der Waals surface area contributed by atoms with Crippen molar-refractivity contribution in [2.45, 2.75) is 19.8 Å². The molecule has 2 N–H and O–H groups in total. The highest BCUT2D eigenvalue weighted by Gasteiger charge is 2.17. The van der Waals surface area contributed by atoms with Gasteiger partial charge in [0.2, 0.25) is 5.91 Å². The Labute approximate surface area is 240 Å². The Morgan fingerprint density at radius 2 is 1.76 bits per heavy atom. The van der Waals surface area contributed by atoms with E-state index >= 15 is 0 Å². The lowest BCUT2D eigenvalue weighted by molar-refractivity contribution is -0.117. The molecule has 4 aromatic rings. The van der Waals surface area contributed by atoms with Crippen LogP contribution < -0.4 is 10.2 Å². The van der Waals surface area contributed by atoms with Crippen LogP contribution in [-0.4, -0.2) is 78.5 Å². The smallest absolute Gasteiger partial charge is 0.248 e. The number of rotatable bonds is 10. The minimum absolute atomic E-state index is 0.136. The SMILES string of the molecule is Cc1cc(CC(=O)Cc2ccc(-c3cc4c(N5CCOCC5)ncnc4[nH]3)cc2)ccc1NC(=O)/C=C/CN(C)C. The maximum Gasteiger partial charge on any atom is 0.248 e. The molecule has 0 radical (unpaired) electrons. The molecule has 1 saturated heterocycles. The second-order valence-corrected chi connectivity index (χ2v) is 10.6. The highest BCUT2D eigenvalue weighted by molar-refractivity contribution is 5.99. The largest absolute Gasteiger partial charge is 0.378 e. The summed E-state index contributed by atoms with van der Waals surface area (Å²) in [4.78, 5) is 41.6. The molecule has 3 heterocycles. The first-order chi connectivity index (χ1) is 19.9. The average molecular weight is 553 g/mol. The van der Waals surface area contributed by atoms with E-state index in [0.29, 0.717) is 32.6 Å². The second kappa shape index (κ2) is 12.9. The van der Waals surface area contributed by atoms with Gasteiger partial charge in [0.15, 0.2) is 0 Å². The number of nitrogens with zero attached hydrogens (tertiary/aromatic N) is 4. The van der Waals surface area contributed by atoms with Gasteiger partial charge in [-0.05, 0) is 55.4 Å². The topological polar surface area (TPSA) is 103 Å². The molecular formula is C32H36N6O3. The van der Waals surface area contributed by atoms with Crippen LogP contribution in [0.15, 0.2) is 67.0 Å². The molecule has 5 rings (SSSR count). The minimum Gasteiger partial charge on any atom is -0.378 e. The average Bonchev–Trinajstić information content (AvgIpc) is 3.40. The highest BCUT2D eigenvalue weighted by atomic mass is 16.5. The molecule has 2 aromatic carbocycles. The van der Waals surface area contributed by atoms with Crippen LogP contribution in [0.1, 0.15) is 16.7 Å². The molecule has 9 nitrogen and oxygen atoms in total. The molecule has 1 aliphatic rings. The number of hydrogen-bond acceptors (Lipinski definition) is 7. The molecule has 0 unspecified atom stereocenters. The number of fused-ring (bicyclic) bond motifs is 1. The lowest BCUT2D eigenvalue weighted by Gasteiger charge is -2.27. The first-order valence-electron chi connectivity index (χ1n) is 13.8. The van der Waals surface area contributed by atoms with Crippen molar-refractivity contribution in [3.63, 3.8) is 0 Å². The molecule has 0 aliphatic carbocycles. The van der Waals surface area contributed by atoms with Crippen molar-refractivity contribution in [2.75, 3.05) is 57.2 Å². The van der Waals surface area contributed by atoms with Gasteiger partial charge in [-0.1, -0.05) is 42.5 Å². The number of carbonyl (C=O) groups is 2. The van der Waals surface area contributed by atoms with Gasteiger partial charge in [-0.2, -0.15) is 0 Å². The molecule has 0 bridgehead atoms. The number of aryl methyl sites for hydroxylation is 1. The number of ether oxygens (including phenoxy) is 1. The standard InChI is InChI=1S/C32H36N6O3/c1-22-17-24(8-11-28(22)35-30(40)5-4-12-37(2)3)19-26(39)18-23-6-9-25(10-7-23)29-20-27-31(36-29)33-21-34-32(27)38-13-15-41-16-14-38/h4-11,17,20-21H,12-16,18-19H2,1-3H3,(H,35,40)(H,33,34,36)/b5-4+. The number of amides is 1. The third-order valence-electron chi connectivity index (χ3n) is 7.07. The van der Waals surface area contributed by atoms with Crippen molar-refractivity contribution >= 4 is 34.2 Å². The monoisotopic (exact) mass is 552 g/mol. The van der Waals surface area contributed by atoms with Crippen LogP contribution in [0.25, 0.3) is 22.3 Å². The van der Waals surface area contributed by atoms with Gasteiger partial charge < -0.3 is 24.8 Å². The first kappa shape index (κ1) is 28.2. The number of ketones is 1. The fraction of sp³-hybridized carbons (Fsp3) is 0.312. The first-order valence-corrected chi connectivity index (χ1v) is 13.8. The van der Waals surface area contributed by atoms with E-state index < -0.39 is 0 Å².